The summed E-state index contributed by atoms with van der Waals surface area (Å²) in [5.74, 6) is 1.05. The summed E-state index contributed by atoms with van der Waals surface area (Å²) in [5.41, 5.74) is 9.22. The number of guanidine groups is 1. The number of urea groups is 1. The summed E-state index contributed by atoms with van der Waals surface area (Å²) in [6, 6.07) is 5.92. The molecule has 0 atom stereocenters. The van der Waals surface area contributed by atoms with Gasteiger partial charge in [-0.2, -0.15) is 0 Å². The molecule has 1 aliphatic rings. The molecular weight excluding hydrogens is 412 g/mol. The second-order valence-electron chi connectivity index (χ2n) is 9.71. The average Bonchev–Trinajstić information content (AvgIpc) is 3.21. The monoisotopic (exact) mass is 458 g/mol. The number of hydrogen-bond acceptors (Lipinski definition) is 5. The number of rotatable bonds is 14. The Morgan fingerprint density at radius 3 is 1.97 bits per heavy atom. The van der Waals surface area contributed by atoms with Gasteiger partial charge in [0, 0.05) is 12.2 Å². The average molecular weight is 459 g/mol. The minimum atomic E-state index is -0.293. The molecular formula is C26H46N6O. The van der Waals surface area contributed by atoms with Crippen LogP contribution in [0.5, 0.6) is 0 Å². The van der Waals surface area contributed by atoms with E-state index in [0.29, 0.717) is 17.8 Å². The molecule has 0 aromatic heterocycles. The number of nitrogens with zero attached hydrogens (tertiary/aromatic N) is 2. The second kappa shape index (κ2) is 14.8. The van der Waals surface area contributed by atoms with Crippen LogP contribution in [0.3, 0.4) is 0 Å². The first-order valence-corrected chi connectivity index (χ1v) is 13.0. The van der Waals surface area contributed by atoms with Crippen LogP contribution in [0.2, 0.25) is 0 Å². The zero-order chi connectivity index (χ0) is 24.1. The van der Waals surface area contributed by atoms with Gasteiger partial charge in [0.25, 0.3) is 0 Å². The van der Waals surface area contributed by atoms with Gasteiger partial charge in [-0.25, -0.2) is 10.3 Å². The Kier molecular flexibility index (Phi) is 12.1. The van der Waals surface area contributed by atoms with E-state index in [2.05, 4.69) is 79.5 Å². The molecule has 0 unspecified atom stereocenters. The lowest BCUT2D eigenvalue weighted by Crippen LogP contribution is -2.48. The van der Waals surface area contributed by atoms with E-state index < -0.39 is 0 Å². The zero-order valence-corrected chi connectivity index (χ0v) is 21.5. The number of benzene rings is 1. The quantitative estimate of drug-likeness (QED) is 0.238. The van der Waals surface area contributed by atoms with Crippen molar-refractivity contribution in [1.82, 2.24) is 21.4 Å². The van der Waals surface area contributed by atoms with Gasteiger partial charge in [0.05, 0.1) is 0 Å². The molecule has 7 heteroatoms. The molecule has 33 heavy (non-hydrogen) atoms. The maximum atomic E-state index is 12.7. The SMILES string of the molecule is CCCCCCCCCCCCN1NN=C(NC(=O)Nc2c(C(C)C)cccc2C(C)C)N1. The summed E-state index contributed by atoms with van der Waals surface area (Å²) in [4.78, 5) is 12.7. The number of carbonyl (C=O) groups excluding carboxylic acids is 1. The van der Waals surface area contributed by atoms with Crippen molar-refractivity contribution in [1.29, 1.82) is 0 Å². The van der Waals surface area contributed by atoms with Gasteiger partial charge in [-0.15, -0.1) is 10.2 Å². The molecule has 0 saturated heterocycles. The molecule has 0 saturated carbocycles. The van der Waals surface area contributed by atoms with Crippen molar-refractivity contribution in [2.45, 2.75) is 111 Å². The van der Waals surface area contributed by atoms with Crippen LogP contribution in [0.15, 0.2) is 23.3 Å². The van der Waals surface area contributed by atoms with Crippen LogP contribution in [0, 0.1) is 0 Å². The summed E-state index contributed by atoms with van der Waals surface area (Å²) in [7, 11) is 0. The van der Waals surface area contributed by atoms with Crippen molar-refractivity contribution in [3.05, 3.63) is 29.3 Å². The number of unbranched alkanes of at least 4 members (excludes halogenated alkanes) is 9. The van der Waals surface area contributed by atoms with Crippen LogP contribution in [-0.2, 0) is 0 Å². The maximum absolute atomic E-state index is 12.7. The highest BCUT2D eigenvalue weighted by Gasteiger charge is 2.19. The predicted octanol–water partition coefficient (Wildman–Crippen LogP) is 6.57. The van der Waals surface area contributed by atoms with Crippen LogP contribution in [0.1, 0.15) is 122 Å². The fourth-order valence-corrected chi connectivity index (χ4v) is 4.16. The van der Waals surface area contributed by atoms with Crippen LogP contribution >= 0.6 is 0 Å². The Labute approximate surface area is 201 Å². The topological polar surface area (TPSA) is 80.8 Å². The summed E-state index contributed by atoms with van der Waals surface area (Å²) in [6.45, 7) is 11.7. The first kappa shape index (κ1) is 27.0. The van der Waals surface area contributed by atoms with Gasteiger partial charge in [-0.05, 0) is 29.4 Å². The van der Waals surface area contributed by atoms with Crippen molar-refractivity contribution < 1.29 is 4.79 Å². The van der Waals surface area contributed by atoms with Crippen molar-refractivity contribution in [3.8, 4) is 0 Å². The summed E-state index contributed by atoms with van der Waals surface area (Å²) >= 11 is 0. The summed E-state index contributed by atoms with van der Waals surface area (Å²) in [5, 5.41) is 11.9. The third-order valence-corrected chi connectivity index (χ3v) is 6.10. The summed E-state index contributed by atoms with van der Waals surface area (Å²) in [6.07, 6.45) is 13.1. The number of carbonyl (C=O) groups is 1. The standard InChI is InChI=1S/C26H46N6O/c1-6-7-8-9-10-11-12-13-14-15-19-32-30-25(29-31-32)28-26(33)27-24-22(20(2)3)17-16-18-23(24)21(4)5/h16-18,20-21,31H,6-15,19H2,1-5H3,(H3,27,28,29,30,33). The Morgan fingerprint density at radius 2 is 1.42 bits per heavy atom. The van der Waals surface area contributed by atoms with E-state index in [1.165, 1.54) is 57.8 Å². The number of hydrazone groups is 1. The number of hydrogen-bond donors (Lipinski definition) is 4. The number of para-hydroxylation sites is 1. The van der Waals surface area contributed by atoms with E-state index in [0.717, 1.165) is 29.8 Å². The van der Waals surface area contributed by atoms with E-state index in [1.54, 1.807) is 0 Å². The minimum absolute atomic E-state index is 0.293. The van der Waals surface area contributed by atoms with E-state index in [-0.39, 0.29) is 6.03 Å². The number of hydrazine groups is 2. The van der Waals surface area contributed by atoms with E-state index in [4.69, 9.17) is 0 Å². The zero-order valence-electron chi connectivity index (χ0n) is 21.5. The normalized spacial score (nSPS) is 13.7. The van der Waals surface area contributed by atoms with Crippen molar-refractivity contribution in [3.63, 3.8) is 0 Å². The smallest absolute Gasteiger partial charge is 0.307 e. The van der Waals surface area contributed by atoms with Crippen molar-refractivity contribution >= 4 is 17.7 Å². The molecule has 1 aromatic rings. The van der Waals surface area contributed by atoms with E-state index in [1.807, 2.05) is 5.12 Å². The first-order valence-electron chi connectivity index (χ1n) is 13.0. The van der Waals surface area contributed by atoms with E-state index >= 15 is 0 Å². The molecule has 7 nitrogen and oxygen atoms in total. The van der Waals surface area contributed by atoms with Crippen molar-refractivity contribution in [2.24, 2.45) is 5.10 Å². The highest BCUT2D eigenvalue weighted by Crippen LogP contribution is 2.32. The Morgan fingerprint density at radius 1 is 0.879 bits per heavy atom. The van der Waals surface area contributed by atoms with Crippen LogP contribution in [-0.4, -0.2) is 23.7 Å². The molecule has 0 spiro atoms. The molecule has 2 rings (SSSR count). The number of nitrogens with one attached hydrogen (secondary N) is 4. The molecule has 0 bridgehead atoms. The highest BCUT2D eigenvalue weighted by molar-refractivity contribution is 6.03. The van der Waals surface area contributed by atoms with Gasteiger partial charge in [-0.3, -0.25) is 10.7 Å². The lowest BCUT2D eigenvalue weighted by Gasteiger charge is -2.20. The highest BCUT2D eigenvalue weighted by atomic mass is 16.2. The Bertz CT molecular complexity index is 720. The van der Waals surface area contributed by atoms with Gasteiger partial charge in [0.2, 0.25) is 5.96 Å². The fraction of sp³-hybridized carbons (Fsp3) is 0.692. The van der Waals surface area contributed by atoms with Gasteiger partial charge in [0.1, 0.15) is 0 Å². The summed E-state index contributed by atoms with van der Waals surface area (Å²) < 4.78 is 0. The first-order chi connectivity index (χ1) is 15.9. The van der Waals surface area contributed by atoms with Crippen LogP contribution < -0.4 is 21.6 Å². The third kappa shape index (κ3) is 9.62. The van der Waals surface area contributed by atoms with Gasteiger partial charge >= 0.3 is 6.03 Å². The number of anilines is 1. The Hall–Kier alpha value is -2.28. The molecule has 1 aliphatic heterocycles. The minimum Gasteiger partial charge on any atom is -0.307 e. The van der Waals surface area contributed by atoms with Gasteiger partial charge in [0.15, 0.2) is 0 Å². The molecule has 0 fully saturated rings. The van der Waals surface area contributed by atoms with Crippen LogP contribution in [0.4, 0.5) is 10.5 Å². The van der Waals surface area contributed by atoms with Crippen molar-refractivity contribution in [2.75, 3.05) is 11.9 Å². The maximum Gasteiger partial charge on any atom is 0.326 e. The number of amides is 2. The van der Waals surface area contributed by atoms with Crippen LogP contribution in [0.25, 0.3) is 0 Å². The molecule has 0 aliphatic carbocycles. The second-order valence-corrected chi connectivity index (χ2v) is 9.71. The largest absolute Gasteiger partial charge is 0.326 e. The predicted molar refractivity (Wildman–Crippen MR) is 139 cm³/mol. The Balaban J connectivity index is 1.67. The molecule has 4 N–H and O–H groups in total. The molecule has 1 aromatic carbocycles. The lowest BCUT2D eigenvalue weighted by atomic mass is 9.93. The third-order valence-electron chi connectivity index (χ3n) is 6.10. The van der Waals surface area contributed by atoms with Gasteiger partial charge < -0.3 is 5.32 Å². The lowest BCUT2D eigenvalue weighted by molar-refractivity contribution is 0.174. The molecule has 186 valence electrons. The van der Waals surface area contributed by atoms with Gasteiger partial charge in [-0.1, -0.05) is 111 Å². The fourth-order valence-electron chi connectivity index (χ4n) is 4.16. The molecule has 0 radical (unpaired) electrons. The molecule has 1 heterocycles. The van der Waals surface area contributed by atoms with E-state index in [9.17, 15) is 4.79 Å². The molecule has 2 amide bonds.